The molecule has 0 bridgehead atoms. The Labute approximate surface area is 86.8 Å². The van der Waals surface area contributed by atoms with E-state index in [1.54, 1.807) is 7.11 Å². The van der Waals surface area contributed by atoms with Crippen LogP contribution >= 0.6 is 11.6 Å². The molecule has 78 valence electrons. The number of hydrogen-bond acceptors (Lipinski definition) is 1. The van der Waals surface area contributed by atoms with Gasteiger partial charge in [0, 0.05) is 19.1 Å². The molecular weight excluding hydrogens is 184 g/mol. The molecule has 0 radical (unpaired) electrons. The maximum atomic E-state index is 6.22. The fourth-order valence-corrected chi connectivity index (χ4v) is 2.64. The molecule has 2 heteroatoms. The van der Waals surface area contributed by atoms with E-state index in [1.165, 1.54) is 32.1 Å². The molecule has 0 heterocycles. The van der Waals surface area contributed by atoms with Gasteiger partial charge < -0.3 is 4.74 Å². The molecular formula is C11H21ClO. The van der Waals surface area contributed by atoms with E-state index < -0.39 is 0 Å². The summed E-state index contributed by atoms with van der Waals surface area (Å²) in [7, 11) is 1.78. The van der Waals surface area contributed by atoms with Gasteiger partial charge in [-0.3, -0.25) is 0 Å². The normalized spacial score (nSPS) is 32.5. The zero-order valence-electron chi connectivity index (χ0n) is 8.76. The van der Waals surface area contributed by atoms with Crippen molar-refractivity contribution in [3.63, 3.8) is 0 Å². The molecule has 0 aromatic heterocycles. The van der Waals surface area contributed by atoms with Crippen LogP contribution in [0.15, 0.2) is 0 Å². The van der Waals surface area contributed by atoms with Crippen LogP contribution in [0.4, 0.5) is 0 Å². The lowest BCUT2D eigenvalue weighted by Crippen LogP contribution is -2.18. The zero-order chi connectivity index (χ0) is 9.68. The summed E-state index contributed by atoms with van der Waals surface area (Å²) in [6, 6.07) is 0. The Morgan fingerprint density at radius 2 is 2.08 bits per heavy atom. The molecule has 1 saturated carbocycles. The Kier molecular flexibility index (Phi) is 5.12. The van der Waals surface area contributed by atoms with E-state index >= 15 is 0 Å². The first-order valence-electron chi connectivity index (χ1n) is 5.37. The summed E-state index contributed by atoms with van der Waals surface area (Å²) in [6.07, 6.45) is 6.39. The molecule has 1 nitrogen and oxygen atoms in total. The minimum Gasteiger partial charge on any atom is -0.384 e. The lowest BCUT2D eigenvalue weighted by molar-refractivity contribution is 0.124. The average Bonchev–Trinajstić information content (AvgIpc) is 2.30. The predicted molar refractivity (Wildman–Crippen MR) is 57.3 cm³/mol. The van der Waals surface area contributed by atoms with Crippen LogP contribution in [0.3, 0.4) is 0 Å². The number of methoxy groups -OCH3 is 1. The van der Waals surface area contributed by atoms with Crippen molar-refractivity contribution >= 4 is 11.6 Å². The summed E-state index contributed by atoms with van der Waals surface area (Å²) in [5.41, 5.74) is 0. The number of halogens is 1. The van der Waals surface area contributed by atoms with Gasteiger partial charge in [-0.2, -0.15) is 0 Å². The van der Waals surface area contributed by atoms with Crippen molar-refractivity contribution in [1.29, 1.82) is 0 Å². The molecule has 1 aliphatic rings. The molecule has 3 atom stereocenters. The van der Waals surface area contributed by atoms with Gasteiger partial charge in [-0.15, -0.1) is 11.6 Å². The number of ether oxygens (including phenoxy) is 1. The summed E-state index contributed by atoms with van der Waals surface area (Å²) >= 11 is 6.22. The Balaban J connectivity index is 2.37. The average molecular weight is 205 g/mol. The van der Waals surface area contributed by atoms with Crippen LogP contribution in [0.1, 0.15) is 39.0 Å². The number of hydrogen-bond donors (Lipinski definition) is 0. The molecule has 0 aromatic rings. The van der Waals surface area contributed by atoms with Crippen LogP contribution in [0.2, 0.25) is 0 Å². The van der Waals surface area contributed by atoms with Crippen LogP contribution < -0.4 is 0 Å². The minimum atomic E-state index is 0.409. The fourth-order valence-electron chi connectivity index (χ4n) is 2.25. The topological polar surface area (TPSA) is 9.23 Å². The Bertz CT molecular complexity index is 138. The highest BCUT2D eigenvalue weighted by Crippen LogP contribution is 2.31. The van der Waals surface area contributed by atoms with E-state index in [4.69, 9.17) is 16.3 Å². The van der Waals surface area contributed by atoms with Crippen LogP contribution in [-0.2, 0) is 4.74 Å². The van der Waals surface area contributed by atoms with Crippen LogP contribution in [0, 0.1) is 11.8 Å². The summed E-state index contributed by atoms with van der Waals surface area (Å²) in [5, 5.41) is 0.409. The summed E-state index contributed by atoms with van der Waals surface area (Å²) in [4.78, 5) is 0. The Hall–Kier alpha value is 0.250. The van der Waals surface area contributed by atoms with E-state index in [1.807, 2.05) is 0 Å². The van der Waals surface area contributed by atoms with Crippen molar-refractivity contribution in [2.24, 2.45) is 11.8 Å². The van der Waals surface area contributed by atoms with Gasteiger partial charge in [-0.05, 0) is 24.7 Å². The molecule has 3 unspecified atom stereocenters. The standard InChI is InChI=1S/C11H21ClO/c1-9(8-13-2)10-5-3-4-6-11(12)7-10/h9-11H,3-8H2,1-2H3. The first kappa shape index (κ1) is 11.3. The Morgan fingerprint density at radius 1 is 1.38 bits per heavy atom. The molecule has 0 saturated heterocycles. The third kappa shape index (κ3) is 3.86. The number of alkyl halides is 1. The SMILES string of the molecule is COCC(C)C1CCCCC(Cl)C1. The van der Waals surface area contributed by atoms with Crippen molar-refractivity contribution in [2.45, 2.75) is 44.4 Å². The molecule has 0 N–H and O–H groups in total. The molecule has 1 aliphatic carbocycles. The largest absolute Gasteiger partial charge is 0.384 e. The predicted octanol–water partition coefficient (Wildman–Crippen LogP) is 3.46. The molecule has 0 aliphatic heterocycles. The zero-order valence-corrected chi connectivity index (χ0v) is 9.52. The molecule has 0 spiro atoms. The molecule has 1 rings (SSSR count). The molecule has 0 amide bonds. The molecule has 1 fully saturated rings. The summed E-state index contributed by atoms with van der Waals surface area (Å²) < 4.78 is 5.19. The van der Waals surface area contributed by atoms with Gasteiger partial charge in [0.15, 0.2) is 0 Å². The third-order valence-corrected chi connectivity index (χ3v) is 3.53. The first-order valence-corrected chi connectivity index (χ1v) is 5.80. The summed E-state index contributed by atoms with van der Waals surface area (Å²) in [6.45, 7) is 3.16. The second-order valence-corrected chi connectivity index (χ2v) is 4.93. The highest BCUT2D eigenvalue weighted by atomic mass is 35.5. The van der Waals surface area contributed by atoms with Crippen molar-refractivity contribution < 1.29 is 4.74 Å². The van der Waals surface area contributed by atoms with E-state index in [9.17, 15) is 0 Å². The van der Waals surface area contributed by atoms with Crippen LogP contribution in [-0.4, -0.2) is 19.1 Å². The second-order valence-electron chi connectivity index (χ2n) is 4.31. The highest BCUT2D eigenvalue weighted by molar-refractivity contribution is 6.20. The highest BCUT2D eigenvalue weighted by Gasteiger charge is 2.23. The van der Waals surface area contributed by atoms with Gasteiger partial charge in [0.1, 0.15) is 0 Å². The lowest BCUT2D eigenvalue weighted by atomic mass is 9.88. The van der Waals surface area contributed by atoms with Crippen molar-refractivity contribution in [2.75, 3.05) is 13.7 Å². The van der Waals surface area contributed by atoms with Gasteiger partial charge in [0.2, 0.25) is 0 Å². The third-order valence-electron chi connectivity index (χ3n) is 3.14. The van der Waals surface area contributed by atoms with E-state index in [0.717, 1.165) is 12.5 Å². The van der Waals surface area contributed by atoms with Crippen molar-refractivity contribution in [3.8, 4) is 0 Å². The fraction of sp³-hybridized carbons (Fsp3) is 1.00. The van der Waals surface area contributed by atoms with Crippen LogP contribution in [0.25, 0.3) is 0 Å². The van der Waals surface area contributed by atoms with E-state index in [-0.39, 0.29) is 0 Å². The van der Waals surface area contributed by atoms with Gasteiger partial charge >= 0.3 is 0 Å². The second kappa shape index (κ2) is 5.87. The number of rotatable bonds is 3. The maximum absolute atomic E-state index is 6.22. The Morgan fingerprint density at radius 3 is 2.77 bits per heavy atom. The molecule has 13 heavy (non-hydrogen) atoms. The van der Waals surface area contributed by atoms with Crippen LogP contribution in [0.5, 0.6) is 0 Å². The monoisotopic (exact) mass is 204 g/mol. The minimum absolute atomic E-state index is 0.409. The van der Waals surface area contributed by atoms with Gasteiger partial charge in [-0.1, -0.05) is 26.2 Å². The van der Waals surface area contributed by atoms with Crippen molar-refractivity contribution in [3.05, 3.63) is 0 Å². The lowest BCUT2D eigenvalue weighted by Gasteiger charge is -2.22. The van der Waals surface area contributed by atoms with Gasteiger partial charge in [0.25, 0.3) is 0 Å². The van der Waals surface area contributed by atoms with Gasteiger partial charge in [-0.25, -0.2) is 0 Å². The smallest absolute Gasteiger partial charge is 0.0490 e. The van der Waals surface area contributed by atoms with E-state index in [0.29, 0.717) is 11.3 Å². The quantitative estimate of drug-likeness (QED) is 0.506. The summed E-state index contributed by atoms with van der Waals surface area (Å²) in [5.74, 6) is 1.45. The van der Waals surface area contributed by atoms with Crippen molar-refractivity contribution in [1.82, 2.24) is 0 Å². The first-order chi connectivity index (χ1) is 6.24. The molecule has 0 aromatic carbocycles. The van der Waals surface area contributed by atoms with E-state index in [2.05, 4.69) is 6.92 Å². The van der Waals surface area contributed by atoms with Gasteiger partial charge in [0.05, 0.1) is 0 Å². The maximum Gasteiger partial charge on any atom is 0.0490 e.